The summed E-state index contributed by atoms with van der Waals surface area (Å²) >= 11 is 0. The maximum absolute atomic E-state index is 11.7. The molecule has 0 unspecified atom stereocenters. The standard InChI is InChI=1S/C12H14O4/c1-2-5-10(13)9-6-3-4-7-11(9)16-8-12(14)15/h3-4,6-7H,2,5,8H2,1H3,(H,14,15). The Bertz CT molecular complexity index is 384. The summed E-state index contributed by atoms with van der Waals surface area (Å²) in [6.07, 6.45) is 1.19. The molecule has 1 aromatic rings. The Kier molecular flexibility index (Phi) is 4.51. The van der Waals surface area contributed by atoms with Crippen LogP contribution in [0, 0.1) is 0 Å². The van der Waals surface area contributed by atoms with Gasteiger partial charge in [0.1, 0.15) is 5.75 Å². The maximum Gasteiger partial charge on any atom is 0.341 e. The van der Waals surface area contributed by atoms with E-state index in [2.05, 4.69) is 0 Å². The van der Waals surface area contributed by atoms with Crippen molar-refractivity contribution in [2.24, 2.45) is 0 Å². The fourth-order valence-corrected chi connectivity index (χ4v) is 1.32. The summed E-state index contributed by atoms with van der Waals surface area (Å²) in [5.74, 6) is -0.746. The van der Waals surface area contributed by atoms with Gasteiger partial charge in [0.25, 0.3) is 0 Å². The summed E-state index contributed by atoms with van der Waals surface area (Å²) in [5, 5.41) is 8.50. The van der Waals surface area contributed by atoms with Gasteiger partial charge < -0.3 is 9.84 Å². The van der Waals surface area contributed by atoms with Crippen LogP contribution in [0.4, 0.5) is 0 Å². The van der Waals surface area contributed by atoms with Crippen LogP contribution in [0.2, 0.25) is 0 Å². The van der Waals surface area contributed by atoms with Crippen LogP contribution in [-0.4, -0.2) is 23.5 Å². The number of ether oxygens (including phenoxy) is 1. The largest absolute Gasteiger partial charge is 0.481 e. The molecule has 0 atom stereocenters. The third kappa shape index (κ3) is 3.38. The summed E-state index contributed by atoms with van der Waals surface area (Å²) in [5.41, 5.74) is 0.450. The van der Waals surface area contributed by atoms with Gasteiger partial charge in [-0.1, -0.05) is 19.1 Å². The number of carbonyl (C=O) groups excluding carboxylic acids is 1. The Balaban J connectivity index is 2.82. The number of carbonyl (C=O) groups is 2. The van der Waals surface area contributed by atoms with Crippen LogP contribution in [0.3, 0.4) is 0 Å². The number of para-hydroxylation sites is 1. The highest BCUT2D eigenvalue weighted by atomic mass is 16.5. The van der Waals surface area contributed by atoms with E-state index >= 15 is 0 Å². The molecule has 1 N–H and O–H groups in total. The lowest BCUT2D eigenvalue weighted by molar-refractivity contribution is -0.139. The molecule has 0 fully saturated rings. The first kappa shape index (κ1) is 12.2. The van der Waals surface area contributed by atoms with Crippen LogP contribution in [0.15, 0.2) is 24.3 Å². The van der Waals surface area contributed by atoms with E-state index in [1.54, 1.807) is 24.3 Å². The molecule has 0 aliphatic carbocycles. The fourth-order valence-electron chi connectivity index (χ4n) is 1.32. The van der Waals surface area contributed by atoms with E-state index in [0.717, 1.165) is 6.42 Å². The number of hydrogen-bond acceptors (Lipinski definition) is 3. The number of ketones is 1. The van der Waals surface area contributed by atoms with Gasteiger partial charge in [0, 0.05) is 6.42 Å². The smallest absolute Gasteiger partial charge is 0.341 e. The number of aliphatic carboxylic acids is 1. The van der Waals surface area contributed by atoms with Crippen molar-refractivity contribution >= 4 is 11.8 Å². The molecule has 0 aliphatic heterocycles. The predicted molar refractivity (Wildman–Crippen MR) is 58.8 cm³/mol. The molecule has 0 aromatic heterocycles. The zero-order chi connectivity index (χ0) is 12.0. The van der Waals surface area contributed by atoms with Crippen molar-refractivity contribution in [3.63, 3.8) is 0 Å². The van der Waals surface area contributed by atoms with Gasteiger partial charge in [0.2, 0.25) is 0 Å². The quantitative estimate of drug-likeness (QED) is 0.749. The zero-order valence-electron chi connectivity index (χ0n) is 9.10. The van der Waals surface area contributed by atoms with Crippen molar-refractivity contribution in [2.45, 2.75) is 19.8 Å². The molecule has 0 bridgehead atoms. The molecule has 4 heteroatoms. The highest BCUT2D eigenvalue weighted by molar-refractivity contribution is 5.98. The van der Waals surface area contributed by atoms with E-state index < -0.39 is 12.6 Å². The molecule has 0 amide bonds. The van der Waals surface area contributed by atoms with Crippen molar-refractivity contribution in [1.29, 1.82) is 0 Å². The minimum absolute atomic E-state index is 0.0245. The van der Waals surface area contributed by atoms with Crippen LogP contribution in [0.5, 0.6) is 5.75 Å². The highest BCUT2D eigenvalue weighted by Crippen LogP contribution is 2.20. The Hall–Kier alpha value is -1.84. The zero-order valence-corrected chi connectivity index (χ0v) is 9.10. The minimum atomic E-state index is -1.06. The molecular formula is C12H14O4. The predicted octanol–water partition coefficient (Wildman–Crippen LogP) is 2.13. The monoisotopic (exact) mass is 222 g/mol. The summed E-state index contributed by atoms with van der Waals surface area (Å²) in [7, 11) is 0. The highest BCUT2D eigenvalue weighted by Gasteiger charge is 2.11. The fraction of sp³-hybridized carbons (Fsp3) is 0.333. The minimum Gasteiger partial charge on any atom is -0.481 e. The van der Waals surface area contributed by atoms with E-state index in [1.165, 1.54) is 0 Å². The average Bonchev–Trinajstić information content (AvgIpc) is 2.27. The lowest BCUT2D eigenvalue weighted by Crippen LogP contribution is -2.11. The molecule has 16 heavy (non-hydrogen) atoms. The van der Waals surface area contributed by atoms with Crippen LogP contribution < -0.4 is 4.74 Å². The summed E-state index contributed by atoms with van der Waals surface area (Å²) < 4.78 is 5.05. The molecule has 0 aliphatic rings. The third-order valence-electron chi connectivity index (χ3n) is 2.02. The second-order valence-electron chi connectivity index (χ2n) is 3.35. The first-order valence-electron chi connectivity index (χ1n) is 5.12. The third-order valence-corrected chi connectivity index (χ3v) is 2.02. The molecule has 1 aromatic carbocycles. The van der Waals surface area contributed by atoms with Crippen molar-refractivity contribution in [2.75, 3.05) is 6.61 Å². The topological polar surface area (TPSA) is 63.6 Å². The average molecular weight is 222 g/mol. The van der Waals surface area contributed by atoms with Crippen molar-refractivity contribution < 1.29 is 19.4 Å². The van der Waals surface area contributed by atoms with Gasteiger partial charge in [-0.3, -0.25) is 4.79 Å². The van der Waals surface area contributed by atoms with Crippen molar-refractivity contribution in [3.05, 3.63) is 29.8 Å². The molecule has 0 saturated carbocycles. The molecule has 0 spiro atoms. The Labute approximate surface area is 93.9 Å². The van der Waals surface area contributed by atoms with Crippen molar-refractivity contribution in [3.8, 4) is 5.75 Å². The van der Waals surface area contributed by atoms with Gasteiger partial charge in [-0.15, -0.1) is 0 Å². The van der Waals surface area contributed by atoms with Crippen molar-refractivity contribution in [1.82, 2.24) is 0 Å². The molecule has 1 rings (SSSR count). The number of carboxylic acids is 1. The molecule has 4 nitrogen and oxygen atoms in total. The second kappa shape index (κ2) is 5.90. The van der Waals surface area contributed by atoms with Gasteiger partial charge in [-0.2, -0.15) is 0 Å². The number of carboxylic acid groups (broad SMARTS) is 1. The van der Waals surface area contributed by atoms with E-state index in [4.69, 9.17) is 9.84 Å². The number of hydrogen-bond donors (Lipinski definition) is 1. The van der Waals surface area contributed by atoms with Gasteiger partial charge >= 0.3 is 5.97 Å². The second-order valence-corrected chi connectivity index (χ2v) is 3.35. The van der Waals surface area contributed by atoms with Crippen LogP contribution in [-0.2, 0) is 4.79 Å². The van der Waals surface area contributed by atoms with E-state index in [-0.39, 0.29) is 5.78 Å². The molecule has 0 saturated heterocycles. The normalized spacial score (nSPS) is 9.81. The number of Topliss-reactive ketones (excluding diaryl/α,β-unsaturated/α-hetero) is 1. The molecule has 0 radical (unpaired) electrons. The Morgan fingerprint density at radius 3 is 2.62 bits per heavy atom. The van der Waals surface area contributed by atoms with E-state index in [0.29, 0.717) is 17.7 Å². The van der Waals surface area contributed by atoms with Crippen LogP contribution in [0.25, 0.3) is 0 Å². The molecule has 86 valence electrons. The van der Waals surface area contributed by atoms with Crippen LogP contribution in [0.1, 0.15) is 30.1 Å². The van der Waals surface area contributed by atoms with E-state index in [9.17, 15) is 9.59 Å². The van der Waals surface area contributed by atoms with E-state index in [1.807, 2.05) is 6.92 Å². The van der Waals surface area contributed by atoms with Gasteiger partial charge in [-0.25, -0.2) is 4.79 Å². The SMILES string of the molecule is CCCC(=O)c1ccccc1OCC(=O)O. The maximum atomic E-state index is 11.7. The lowest BCUT2D eigenvalue weighted by atomic mass is 10.1. The summed E-state index contributed by atoms with van der Waals surface area (Å²) in [6, 6.07) is 6.69. The number of benzene rings is 1. The lowest BCUT2D eigenvalue weighted by Gasteiger charge is -2.08. The Morgan fingerprint density at radius 1 is 1.31 bits per heavy atom. The van der Waals surface area contributed by atoms with Gasteiger partial charge in [0.15, 0.2) is 12.4 Å². The summed E-state index contributed by atoms with van der Waals surface area (Å²) in [4.78, 5) is 22.1. The Morgan fingerprint density at radius 2 is 2.00 bits per heavy atom. The van der Waals surface area contributed by atoms with Crippen LogP contribution >= 0.6 is 0 Å². The number of rotatable bonds is 6. The summed E-state index contributed by atoms with van der Waals surface area (Å²) in [6.45, 7) is 1.48. The molecule has 0 heterocycles. The molecular weight excluding hydrogens is 208 g/mol. The van der Waals surface area contributed by atoms with Gasteiger partial charge in [0.05, 0.1) is 5.56 Å². The van der Waals surface area contributed by atoms with Gasteiger partial charge in [-0.05, 0) is 18.6 Å². The first-order chi connectivity index (χ1) is 7.65. The first-order valence-corrected chi connectivity index (χ1v) is 5.12.